The lowest BCUT2D eigenvalue weighted by atomic mass is 9.98. The van der Waals surface area contributed by atoms with Crippen molar-refractivity contribution in [3.05, 3.63) is 41.1 Å². The maximum absolute atomic E-state index is 6.40. The second kappa shape index (κ2) is 10.9. The second-order valence-electron chi connectivity index (χ2n) is 7.76. The van der Waals surface area contributed by atoms with E-state index in [-0.39, 0.29) is 6.10 Å². The van der Waals surface area contributed by atoms with Crippen molar-refractivity contribution in [2.24, 2.45) is 23.2 Å². The van der Waals surface area contributed by atoms with E-state index in [1.54, 1.807) is 13.2 Å². The molecule has 0 aliphatic heterocycles. The van der Waals surface area contributed by atoms with Crippen LogP contribution in [0.25, 0.3) is 5.70 Å². The van der Waals surface area contributed by atoms with Gasteiger partial charge >= 0.3 is 0 Å². The Kier molecular flexibility index (Phi) is 8.60. The third-order valence-corrected chi connectivity index (χ3v) is 5.10. The fourth-order valence-electron chi connectivity index (χ4n) is 3.50. The van der Waals surface area contributed by atoms with Gasteiger partial charge in [0.25, 0.3) is 0 Å². The molecule has 1 saturated carbocycles. The van der Waals surface area contributed by atoms with Crippen molar-refractivity contribution >= 4 is 5.70 Å². The van der Waals surface area contributed by atoms with Gasteiger partial charge in [0.05, 0.1) is 35.4 Å². The lowest BCUT2D eigenvalue weighted by Gasteiger charge is -2.25. The summed E-state index contributed by atoms with van der Waals surface area (Å²) >= 11 is 0. The maximum atomic E-state index is 6.40. The Bertz CT molecular complexity index is 724. The largest absolute Gasteiger partial charge is 0.489 e. The number of rotatable bonds is 9. The van der Waals surface area contributed by atoms with Crippen LogP contribution in [-0.2, 0) is 0 Å². The van der Waals surface area contributed by atoms with Crippen molar-refractivity contribution in [3.63, 3.8) is 0 Å². The normalized spacial score (nSPS) is 16.4. The minimum absolute atomic E-state index is 0.278. The summed E-state index contributed by atoms with van der Waals surface area (Å²) in [6, 6.07) is 3.80. The molecule has 29 heavy (non-hydrogen) atoms. The smallest absolute Gasteiger partial charge is 0.140 e. The van der Waals surface area contributed by atoms with E-state index in [2.05, 4.69) is 11.9 Å². The van der Waals surface area contributed by atoms with Gasteiger partial charge in [0.2, 0.25) is 0 Å². The topological polar surface area (TPSA) is 133 Å². The lowest BCUT2D eigenvalue weighted by Crippen LogP contribution is -2.38. The lowest BCUT2D eigenvalue weighted by molar-refractivity contribution is 0.153. The molecule has 2 rings (SSSR count). The minimum atomic E-state index is 0.278. The Morgan fingerprint density at radius 2 is 1.90 bits per heavy atom. The molecular formula is C21H37N7O. The summed E-state index contributed by atoms with van der Waals surface area (Å²) in [6.45, 7) is 4.31. The highest BCUT2D eigenvalue weighted by Gasteiger charge is 2.18. The van der Waals surface area contributed by atoms with Crippen LogP contribution in [0.15, 0.2) is 29.7 Å². The van der Waals surface area contributed by atoms with E-state index in [1.165, 1.54) is 29.3 Å². The summed E-state index contributed by atoms with van der Waals surface area (Å²) in [5, 5.41) is 2.95. The molecule has 0 atom stereocenters. The third-order valence-electron chi connectivity index (χ3n) is 5.10. The van der Waals surface area contributed by atoms with Gasteiger partial charge in [-0.05, 0) is 51.2 Å². The molecule has 1 heterocycles. The second-order valence-corrected chi connectivity index (χ2v) is 7.76. The van der Waals surface area contributed by atoms with Crippen molar-refractivity contribution in [2.75, 3.05) is 13.6 Å². The number of aromatic nitrogens is 1. The van der Waals surface area contributed by atoms with Crippen LogP contribution >= 0.6 is 0 Å². The van der Waals surface area contributed by atoms with Crippen LogP contribution < -0.4 is 27.9 Å². The maximum Gasteiger partial charge on any atom is 0.140 e. The fourth-order valence-corrected chi connectivity index (χ4v) is 3.50. The van der Waals surface area contributed by atoms with Crippen LogP contribution in [0.1, 0.15) is 63.3 Å². The quantitative estimate of drug-likeness (QED) is 0.365. The average Bonchev–Trinajstić information content (AvgIpc) is 2.68. The first-order valence-corrected chi connectivity index (χ1v) is 10.4. The monoisotopic (exact) mass is 403 g/mol. The molecule has 8 N–H and O–H groups in total. The van der Waals surface area contributed by atoms with E-state index in [0.29, 0.717) is 29.3 Å². The van der Waals surface area contributed by atoms with Gasteiger partial charge in [-0.1, -0.05) is 19.8 Å². The molecule has 0 unspecified atom stereocenters. The molecule has 0 radical (unpaired) electrons. The molecule has 0 aromatic carbocycles. The molecule has 1 aromatic rings. The van der Waals surface area contributed by atoms with Gasteiger partial charge in [-0.2, -0.15) is 0 Å². The Morgan fingerprint density at radius 1 is 1.21 bits per heavy atom. The number of hydrazine groups is 2. The predicted molar refractivity (Wildman–Crippen MR) is 118 cm³/mol. The Labute approximate surface area is 174 Å². The summed E-state index contributed by atoms with van der Waals surface area (Å²) in [4.78, 5) is 4.65. The molecule has 162 valence electrons. The van der Waals surface area contributed by atoms with Gasteiger partial charge < -0.3 is 26.2 Å². The molecule has 0 saturated heterocycles. The summed E-state index contributed by atoms with van der Waals surface area (Å²) in [5.74, 6) is 12.9. The van der Waals surface area contributed by atoms with Gasteiger partial charge in [0.15, 0.2) is 0 Å². The molecular weight excluding hydrogens is 366 g/mol. The molecule has 1 aromatic heterocycles. The number of aryl methyl sites for hydroxylation is 1. The van der Waals surface area contributed by atoms with Gasteiger partial charge in [-0.25, -0.2) is 16.7 Å². The number of hydrogen-bond acceptors (Lipinski definition) is 8. The highest BCUT2D eigenvalue weighted by Crippen LogP contribution is 2.26. The van der Waals surface area contributed by atoms with E-state index >= 15 is 0 Å². The van der Waals surface area contributed by atoms with Crippen LogP contribution in [0.2, 0.25) is 0 Å². The first-order chi connectivity index (χ1) is 13.8. The number of nitrogens with two attached hydrogens (primary N) is 4. The number of nitrogens with zero attached hydrogens (tertiary/aromatic N) is 3. The fraction of sp³-hybridized carbons (Fsp3) is 0.571. The van der Waals surface area contributed by atoms with Crippen molar-refractivity contribution in [1.29, 1.82) is 0 Å². The first-order valence-electron chi connectivity index (χ1n) is 10.4. The van der Waals surface area contributed by atoms with E-state index in [0.717, 1.165) is 37.1 Å². The molecule has 0 amide bonds. The average molecular weight is 404 g/mol. The summed E-state index contributed by atoms with van der Waals surface area (Å²) in [6.07, 6.45) is 9.68. The number of allylic oxidation sites excluding steroid dienone is 1. The van der Waals surface area contributed by atoms with E-state index < -0.39 is 0 Å². The zero-order chi connectivity index (χ0) is 21.4. The van der Waals surface area contributed by atoms with Crippen LogP contribution in [0.5, 0.6) is 5.75 Å². The summed E-state index contributed by atoms with van der Waals surface area (Å²) in [5.41, 5.74) is 15.7. The molecule has 8 nitrogen and oxygen atoms in total. The van der Waals surface area contributed by atoms with E-state index in [1.807, 2.05) is 19.1 Å². The van der Waals surface area contributed by atoms with Crippen molar-refractivity contribution < 1.29 is 4.74 Å². The zero-order valence-corrected chi connectivity index (χ0v) is 18.0. The van der Waals surface area contributed by atoms with Crippen LogP contribution in [0.3, 0.4) is 0 Å². The van der Waals surface area contributed by atoms with Crippen molar-refractivity contribution in [1.82, 2.24) is 15.0 Å². The molecule has 1 aliphatic carbocycles. The highest BCUT2D eigenvalue weighted by molar-refractivity contribution is 5.63. The van der Waals surface area contributed by atoms with Gasteiger partial charge in [-0.3, -0.25) is 0 Å². The zero-order valence-electron chi connectivity index (χ0n) is 18.0. The summed E-state index contributed by atoms with van der Waals surface area (Å²) in [7, 11) is 1.72. The van der Waals surface area contributed by atoms with Gasteiger partial charge in [0.1, 0.15) is 5.75 Å². The summed E-state index contributed by atoms with van der Waals surface area (Å²) < 4.78 is 6.16. The number of hydrogen-bond donors (Lipinski definition) is 4. The van der Waals surface area contributed by atoms with Crippen LogP contribution in [-0.4, -0.2) is 34.7 Å². The van der Waals surface area contributed by atoms with Crippen molar-refractivity contribution in [2.45, 2.75) is 64.9 Å². The number of ether oxygens (including phenoxy) is 1. The Morgan fingerprint density at radius 3 is 2.48 bits per heavy atom. The molecule has 0 bridgehead atoms. The molecule has 1 aliphatic rings. The molecule has 8 heteroatoms. The van der Waals surface area contributed by atoms with E-state index in [4.69, 9.17) is 27.9 Å². The van der Waals surface area contributed by atoms with Crippen molar-refractivity contribution in [3.8, 4) is 5.75 Å². The number of pyridine rings is 1. The first kappa shape index (κ1) is 22.8. The Balaban J connectivity index is 2.18. The minimum Gasteiger partial charge on any atom is -0.489 e. The van der Waals surface area contributed by atoms with Gasteiger partial charge in [0, 0.05) is 18.9 Å². The van der Waals surface area contributed by atoms with Gasteiger partial charge in [-0.15, -0.1) is 0 Å². The number of likely N-dealkylation sites (N-methyl/N-ethyl adjacent to an activating group) is 1. The van der Waals surface area contributed by atoms with Crippen LogP contribution in [0, 0.1) is 6.92 Å². The highest BCUT2D eigenvalue weighted by atomic mass is 16.5. The third kappa shape index (κ3) is 6.83. The predicted octanol–water partition coefficient (Wildman–Crippen LogP) is 2.31. The molecule has 0 spiro atoms. The van der Waals surface area contributed by atoms with E-state index in [9.17, 15) is 0 Å². The molecule has 1 fully saturated rings. The standard InChI is InChI=1S/C21H37N7O/c1-4-8-16(22)13-28(25)14-19(27(3)24)21(23)18-11-12-20(15(2)26-18)29-17-9-6-5-7-10-17/h11-13,17H,4-10,14,22-25H2,1-3H3/b16-13-,21-19-. The SMILES string of the molecule is CCC/C(N)=C/N(N)C/C(=C(/N)c1ccc(OC2CCCCC2)c(C)n1)N(C)N. The Hall–Kier alpha value is -2.45. The van der Waals surface area contributed by atoms with Crippen LogP contribution in [0.4, 0.5) is 0 Å².